The van der Waals surface area contributed by atoms with Gasteiger partial charge in [0.15, 0.2) is 0 Å². The Bertz CT molecular complexity index is 931. The lowest BCUT2D eigenvalue weighted by atomic mass is 9.85. The Morgan fingerprint density at radius 3 is 2.72 bits per heavy atom. The summed E-state index contributed by atoms with van der Waals surface area (Å²) in [5, 5.41) is 10.0. The van der Waals surface area contributed by atoms with Gasteiger partial charge in [-0.3, -0.25) is 4.79 Å². The molecule has 0 bridgehead atoms. The molecule has 1 aliphatic heterocycles. The normalized spacial score (nSPS) is 22.9. The van der Waals surface area contributed by atoms with Crippen LogP contribution in [0.2, 0.25) is 0 Å². The molecule has 1 amide bonds. The van der Waals surface area contributed by atoms with Crippen molar-refractivity contribution in [2.45, 2.75) is 26.2 Å². The molecule has 6 N–H and O–H groups in total. The molecular formula is C23H30N4O2. The van der Waals surface area contributed by atoms with Crippen LogP contribution < -0.4 is 11.5 Å². The van der Waals surface area contributed by atoms with Crippen molar-refractivity contribution in [3.8, 4) is 5.75 Å². The van der Waals surface area contributed by atoms with Gasteiger partial charge >= 0.3 is 0 Å². The second kappa shape index (κ2) is 8.47. The third kappa shape index (κ3) is 4.47. The number of phenolic OH excluding ortho intramolecular Hbond substituents is 1. The summed E-state index contributed by atoms with van der Waals surface area (Å²) < 4.78 is 0. The summed E-state index contributed by atoms with van der Waals surface area (Å²) in [4.78, 5) is 17.3. The van der Waals surface area contributed by atoms with Crippen LogP contribution in [0.3, 0.4) is 0 Å². The van der Waals surface area contributed by atoms with Gasteiger partial charge in [-0.15, -0.1) is 0 Å². The summed E-state index contributed by atoms with van der Waals surface area (Å²) in [5.41, 5.74) is 15.3. The zero-order valence-corrected chi connectivity index (χ0v) is 17.1. The fraction of sp³-hybridized carbons (Fsp3) is 0.348. The molecule has 1 saturated heterocycles. The Kier molecular flexibility index (Phi) is 6.01. The van der Waals surface area contributed by atoms with Crippen molar-refractivity contribution >= 4 is 23.5 Å². The Balaban J connectivity index is 1.87. The van der Waals surface area contributed by atoms with Gasteiger partial charge in [-0.25, -0.2) is 0 Å². The van der Waals surface area contributed by atoms with Gasteiger partial charge in [0.2, 0.25) is 5.91 Å². The summed E-state index contributed by atoms with van der Waals surface area (Å²) >= 11 is 0. The zero-order chi connectivity index (χ0) is 21.1. The first-order valence-corrected chi connectivity index (χ1v) is 9.95. The number of anilines is 1. The predicted molar refractivity (Wildman–Crippen MR) is 118 cm³/mol. The highest BCUT2D eigenvalue weighted by Crippen LogP contribution is 2.36. The van der Waals surface area contributed by atoms with Crippen molar-refractivity contribution in [3.05, 3.63) is 59.8 Å². The minimum atomic E-state index is -0.0191. The molecule has 29 heavy (non-hydrogen) atoms. The van der Waals surface area contributed by atoms with Crippen LogP contribution in [0.4, 0.5) is 5.82 Å². The summed E-state index contributed by atoms with van der Waals surface area (Å²) in [7, 11) is 0. The van der Waals surface area contributed by atoms with Crippen molar-refractivity contribution < 1.29 is 9.90 Å². The van der Waals surface area contributed by atoms with E-state index < -0.39 is 0 Å². The maximum atomic E-state index is 12.1. The molecule has 1 unspecified atom stereocenters. The van der Waals surface area contributed by atoms with E-state index in [2.05, 4.69) is 25.4 Å². The van der Waals surface area contributed by atoms with Crippen molar-refractivity contribution in [1.82, 2.24) is 9.88 Å². The third-order valence-corrected chi connectivity index (χ3v) is 5.70. The highest BCUT2D eigenvalue weighted by Gasteiger charge is 2.31. The lowest BCUT2D eigenvalue weighted by molar-refractivity contribution is -0.126. The average Bonchev–Trinajstić information content (AvgIpc) is 2.96. The number of nitrogen functional groups attached to an aromatic ring is 1. The number of amides is 1. The van der Waals surface area contributed by atoms with E-state index in [1.807, 2.05) is 17.0 Å². The number of aromatic nitrogens is 1. The standard InChI is InChI=1S/C23H30N4O2/c1-4-22(29)27-12-14(2)9-18(15(3)13-27)20-11-16(23(25)26-20)10-19(24)17-7-5-6-8-21(17)28/h4-8,10-11,14-15,18,26,28H,1,9,12-13,24-25H2,2-3H3/b19-10-/t14-,15-,18?/m0/s1. The number of H-pyrrole nitrogens is 1. The van der Waals surface area contributed by atoms with Crippen LogP contribution in [0.15, 0.2) is 43.0 Å². The molecule has 0 saturated carbocycles. The maximum Gasteiger partial charge on any atom is 0.245 e. The topological polar surface area (TPSA) is 108 Å². The molecule has 0 spiro atoms. The van der Waals surface area contributed by atoms with Gasteiger partial charge in [0.25, 0.3) is 0 Å². The first kappa shape index (κ1) is 20.6. The quantitative estimate of drug-likeness (QED) is 0.595. The lowest BCUT2D eigenvalue weighted by Gasteiger charge is -2.24. The number of phenols is 1. The van der Waals surface area contributed by atoms with E-state index in [4.69, 9.17) is 11.5 Å². The Morgan fingerprint density at radius 1 is 1.31 bits per heavy atom. The third-order valence-electron chi connectivity index (χ3n) is 5.70. The minimum Gasteiger partial charge on any atom is -0.507 e. The first-order valence-electron chi connectivity index (χ1n) is 9.95. The molecule has 3 rings (SSSR count). The van der Waals surface area contributed by atoms with Gasteiger partial charge in [0, 0.05) is 41.5 Å². The van der Waals surface area contributed by atoms with Gasteiger partial charge in [0.05, 0.1) is 0 Å². The van der Waals surface area contributed by atoms with Gasteiger partial charge in [-0.2, -0.15) is 0 Å². The number of hydrogen-bond donors (Lipinski definition) is 4. The van der Waals surface area contributed by atoms with Crippen molar-refractivity contribution in [3.63, 3.8) is 0 Å². The number of rotatable bonds is 4. The van der Waals surface area contributed by atoms with Crippen molar-refractivity contribution in [2.75, 3.05) is 18.8 Å². The summed E-state index contributed by atoms with van der Waals surface area (Å²) in [6, 6.07) is 8.98. The predicted octanol–water partition coefficient (Wildman–Crippen LogP) is 3.53. The Hall–Kier alpha value is -3.15. The van der Waals surface area contributed by atoms with E-state index in [1.54, 1.807) is 24.3 Å². The van der Waals surface area contributed by atoms with Gasteiger partial charge in [-0.05, 0) is 48.6 Å². The number of hydrogen-bond acceptors (Lipinski definition) is 4. The first-order chi connectivity index (χ1) is 13.8. The second-order valence-electron chi connectivity index (χ2n) is 8.08. The number of nitrogens with one attached hydrogen (secondary N) is 1. The number of carbonyl (C=O) groups is 1. The van der Waals surface area contributed by atoms with Crippen LogP contribution in [0, 0.1) is 11.8 Å². The second-order valence-corrected chi connectivity index (χ2v) is 8.08. The number of para-hydroxylation sites is 1. The van der Waals surface area contributed by atoms with Gasteiger partial charge < -0.3 is 26.5 Å². The summed E-state index contributed by atoms with van der Waals surface area (Å²) in [6.07, 6.45) is 4.12. The number of nitrogens with zero attached hydrogens (tertiary/aromatic N) is 1. The van der Waals surface area contributed by atoms with Crippen LogP contribution in [-0.4, -0.2) is 34.0 Å². The molecule has 0 aliphatic carbocycles. The number of aromatic amines is 1. The molecule has 1 aromatic heterocycles. The SMILES string of the molecule is C=CC(=O)N1C[C@@H](C)CC(c2cc(/C=C(\N)c3ccccc3O)c(N)[nH]2)[C@@H](C)C1. The lowest BCUT2D eigenvalue weighted by Crippen LogP contribution is -2.34. The molecule has 0 radical (unpaired) electrons. The van der Waals surface area contributed by atoms with E-state index in [9.17, 15) is 9.90 Å². The van der Waals surface area contributed by atoms with Crippen LogP contribution in [0.5, 0.6) is 5.75 Å². The zero-order valence-electron chi connectivity index (χ0n) is 17.1. The molecular weight excluding hydrogens is 364 g/mol. The largest absolute Gasteiger partial charge is 0.507 e. The molecule has 154 valence electrons. The van der Waals surface area contributed by atoms with Crippen LogP contribution >= 0.6 is 0 Å². The molecule has 6 nitrogen and oxygen atoms in total. The van der Waals surface area contributed by atoms with Crippen molar-refractivity contribution in [2.24, 2.45) is 17.6 Å². The number of aromatic hydroxyl groups is 1. The van der Waals surface area contributed by atoms with E-state index in [-0.39, 0.29) is 23.5 Å². The Labute approximate surface area is 171 Å². The molecule has 2 heterocycles. The number of nitrogens with two attached hydrogens (primary N) is 2. The van der Waals surface area contributed by atoms with Gasteiger partial charge in [-0.1, -0.05) is 32.6 Å². The molecule has 1 aromatic carbocycles. The molecule has 3 atom stereocenters. The molecule has 1 aliphatic rings. The smallest absolute Gasteiger partial charge is 0.245 e. The van der Waals surface area contributed by atoms with Crippen molar-refractivity contribution in [1.29, 1.82) is 0 Å². The summed E-state index contributed by atoms with van der Waals surface area (Å²) in [5.74, 6) is 1.55. The van der Waals surface area contributed by atoms with E-state index in [0.717, 1.165) is 24.2 Å². The highest BCUT2D eigenvalue weighted by atomic mass is 16.3. The molecule has 1 fully saturated rings. The summed E-state index contributed by atoms with van der Waals surface area (Å²) in [6.45, 7) is 9.36. The van der Waals surface area contributed by atoms with Crippen LogP contribution in [0.1, 0.15) is 43.0 Å². The van der Waals surface area contributed by atoms with Crippen LogP contribution in [0.25, 0.3) is 11.8 Å². The fourth-order valence-electron chi connectivity index (χ4n) is 4.20. The number of carbonyl (C=O) groups excluding carboxylic acids is 1. The Morgan fingerprint density at radius 2 is 2.03 bits per heavy atom. The minimum absolute atomic E-state index is 0.0191. The van der Waals surface area contributed by atoms with Crippen LogP contribution in [-0.2, 0) is 4.79 Å². The van der Waals surface area contributed by atoms with E-state index in [0.29, 0.717) is 29.5 Å². The number of likely N-dealkylation sites (tertiary alicyclic amines) is 1. The fourth-order valence-corrected chi connectivity index (χ4v) is 4.20. The maximum absolute atomic E-state index is 12.1. The van der Waals surface area contributed by atoms with E-state index >= 15 is 0 Å². The van der Waals surface area contributed by atoms with Gasteiger partial charge in [0.1, 0.15) is 11.6 Å². The average molecular weight is 395 g/mol. The van der Waals surface area contributed by atoms with E-state index in [1.165, 1.54) is 6.08 Å². The monoisotopic (exact) mass is 394 g/mol. The number of benzene rings is 1. The highest BCUT2D eigenvalue weighted by molar-refractivity contribution is 5.87. The molecule has 6 heteroatoms. The molecule has 2 aromatic rings.